The predicted octanol–water partition coefficient (Wildman–Crippen LogP) is 16.1. The molecule has 6 unspecified atom stereocenters. The second-order valence-corrected chi connectivity index (χ2v) is 26.6. The van der Waals surface area contributed by atoms with Gasteiger partial charge >= 0.3 is 0 Å². The number of rotatable bonds is 0. The summed E-state index contributed by atoms with van der Waals surface area (Å²) in [4.78, 5) is 0. The summed E-state index contributed by atoms with van der Waals surface area (Å²) >= 11 is 0. The molecule has 4 rings (SSSR count). The lowest BCUT2D eigenvalue weighted by Crippen LogP contribution is -2.40. The van der Waals surface area contributed by atoms with E-state index in [1.54, 1.807) is 0 Å². The fourth-order valence-corrected chi connectivity index (χ4v) is 10.5. The SMILES string of the molecule is CC(C)(C)C1C(C(C)(C)C)C1(C)C.CC(C)(C)C1C(C(C)(C)C)C1(F)F.CC(C)(C)C1CC(C(C)(C)C)C1.CC(C)(C)C1CC1C(C)(C)C. The molecule has 0 amide bonds. The third-order valence-electron chi connectivity index (χ3n) is 13.2. The molecule has 4 saturated carbocycles. The van der Waals surface area contributed by atoms with Crippen LogP contribution < -0.4 is 0 Å². The fourth-order valence-electron chi connectivity index (χ4n) is 10.5. The van der Waals surface area contributed by atoms with Crippen LogP contribution in [0.1, 0.15) is 199 Å². The zero-order valence-electron chi connectivity index (χ0n) is 38.5. The van der Waals surface area contributed by atoms with E-state index in [9.17, 15) is 8.78 Å². The highest BCUT2D eigenvalue weighted by atomic mass is 19.3. The van der Waals surface area contributed by atoms with Crippen molar-refractivity contribution in [2.45, 2.75) is 205 Å². The van der Waals surface area contributed by atoms with Gasteiger partial charge < -0.3 is 0 Å². The predicted molar refractivity (Wildman–Crippen MR) is 216 cm³/mol. The summed E-state index contributed by atoms with van der Waals surface area (Å²) in [5.41, 5.74) is 3.11. The van der Waals surface area contributed by atoms with E-state index in [0.717, 1.165) is 35.5 Å². The van der Waals surface area contributed by atoms with Crippen LogP contribution in [0.4, 0.5) is 8.78 Å². The zero-order chi connectivity index (χ0) is 39.7. The van der Waals surface area contributed by atoms with Crippen molar-refractivity contribution in [3.63, 3.8) is 0 Å². The van der Waals surface area contributed by atoms with Gasteiger partial charge in [0.1, 0.15) is 0 Å². The first-order valence-corrected chi connectivity index (χ1v) is 20.3. The van der Waals surface area contributed by atoms with Gasteiger partial charge in [0.25, 0.3) is 5.92 Å². The maximum Gasteiger partial charge on any atom is 0.255 e. The monoisotopic (exact) mass is 695 g/mol. The van der Waals surface area contributed by atoms with Crippen molar-refractivity contribution in [1.82, 2.24) is 0 Å². The molecule has 0 saturated heterocycles. The molecule has 4 aliphatic rings. The quantitative estimate of drug-likeness (QED) is 0.237. The summed E-state index contributed by atoms with van der Waals surface area (Å²) in [5.74, 6) is 2.34. The fraction of sp³-hybridized carbons (Fsp3) is 1.00. The van der Waals surface area contributed by atoms with Crippen LogP contribution in [0.3, 0.4) is 0 Å². The zero-order valence-corrected chi connectivity index (χ0v) is 38.5. The number of halogens is 2. The van der Waals surface area contributed by atoms with Crippen molar-refractivity contribution >= 4 is 0 Å². The lowest BCUT2D eigenvalue weighted by Gasteiger charge is -2.49. The van der Waals surface area contributed by atoms with Crippen molar-refractivity contribution in [3.05, 3.63) is 0 Å². The molecule has 4 aliphatic carbocycles. The summed E-state index contributed by atoms with van der Waals surface area (Å²) in [6, 6.07) is 0. The molecule has 0 heterocycles. The van der Waals surface area contributed by atoms with Crippen LogP contribution in [-0.4, -0.2) is 5.92 Å². The highest BCUT2D eigenvalue weighted by molar-refractivity contribution is 5.14. The van der Waals surface area contributed by atoms with Gasteiger partial charge in [0.15, 0.2) is 0 Å². The molecule has 0 aromatic carbocycles. The molecule has 6 atom stereocenters. The molecule has 49 heavy (non-hydrogen) atoms. The van der Waals surface area contributed by atoms with Crippen molar-refractivity contribution in [2.24, 2.45) is 96.1 Å². The van der Waals surface area contributed by atoms with Crippen LogP contribution in [0.2, 0.25) is 0 Å². The van der Waals surface area contributed by atoms with Crippen LogP contribution in [0.15, 0.2) is 0 Å². The molecule has 0 N–H and O–H groups in total. The van der Waals surface area contributed by atoms with Crippen molar-refractivity contribution < 1.29 is 8.78 Å². The maximum absolute atomic E-state index is 13.5. The van der Waals surface area contributed by atoms with Gasteiger partial charge in [-0.3, -0.25) is 0 Å². The molecule has 2 heteroatoms. The Balaban J connectivity index is 0.000000327. The Kier molecular flexibility index (Phi) is 13.3. The lowest BCUT2D eigenvalue weighted by molar-refractivity contribution is 0.0110. The highest BCUT2D eigenvalue weighted by Crippen LogP contribution is 2.71. The van der Waals surface area contributed by atoms with Gasteiger partial charge in [-0.15, -0.1) is 0 Å². The Hall–Kier alpha value is -0.140. The van der Waals surface area contributed by atoms with Gasteiger partial charge in [-0.1, -0.05) is 180 Å². The van der Waals surface area contributed by atoms with Crippen LogP contribution in [-0.2, 0) is 0 Å². The lowest BCUT2D eigenvalue weighted by atomic mass is 9.56. The molecular weight excluding hydrogens is 603 g/mol. The Bertz CT molecular complexity index is 915. The van der Waals surface area contributed by atoms with E-state index < -0.39 is 17.8 Å². The highest BCUT2D eigenvalue weighted by Gasteiger charge is 2.74. The normalized spacial score (nSPS) is 32.6. The summed E-state index contributed by atoms with van der Waals surface area (Å²) in [5, 5.41) is 0. The van der Waals surface area contributed by atoms with Crippen LogP contribution in [0, 0.1) is 96.1 Å². The van der Waals surface area contributed by atoms with Crippen molar-refractivity contribution in [1.29, 1.82) is 0 Å². The standard InChI is InChI=1S/C13H26.C12H24.C11H20F2.C11H22/c1-11(2,3)9-10(12(4,5)6)13(9,7)8;1-11(2,3)9-7-10(8-9)12(4,5)6;1-9(2,3)7-8(10(4,5)6)11(7,12)13;1-10(2,3)8-7-9(8)11(4,5)6/h9-10H,1-8H3;9-10H,7-8H2,1-6H3;7-8H,1-6H3;8-9H,7H2,1-6H3. The molecule has 0 spiro atoms. The van der Waals surface area contributed by atoms with E-state index in [1.807, 2.05) is 41.5 Å². The van der Waals surface area contributed by atoms with Gasteiger partial charge in [-0.25, -0.2) is 8.78 Å². The van der Waals surface area contributed by atoms with Gasteiger partial charge in [0.05, 0.1) is 0 Å². The summed E-state index contributed by atoms with van der Waals surface area (Å²) in [7, 11) is 0. The summed E-state index contributed by atoms with van der Waals surface area (Å²) < 4.78 is 26.9. The third kappa shape index (κ3) is 12.5. The minimum Gasteiger partial charge on any atom is -0.206 e. The average molecular weight is 695 g/mol. The Labute approximate surface area is 309 Å². The molecule has 0 radical (unpaired) electrons. The largest absolute Gasteiger partial charge is 0.255 e. The molecule has 0 aromatic heterocycles. The average Bonchev–Trinajstić information content (AvgIpc) is 3.58. The van der Waals surface area contributed by atoms with Crippen LogP contribution in [0.5, 0.6) is 0 Å². The molecule has 0 aliphatic heterocycles. The van der Waals surface area contributed by atoms with E-state index in [4.69, 9.17) is 0 Å². The number of alkyl halides is 2. The summed E-state index contributed by atoms with van der Waals surface area (Å²) in [6.45, 7) is 59.0. The van der Waals surface area contributed by atoms with Gasteiger partial charge in [-0.2, -0.15) is 0 Å². The van der Waals surface area contributed by atoms with Gasteiger partial charge in [0, 0.05) is 11.8 Å². The first-order chi connectivity index (χ1) is 20.9. The second kappa shape index (κ2) is 13.9. The van der Waals surface area contributed by atoms with Crippen LogP contribution >= 0.6 is 0 Å². The smallest absolute Gasteiger partial charge is 0.206 e. The molecule has 0 nitrogen and oxygen atoms in total. The third-order valence-corrected chi connectivity index (χ3v) is 13.2. The second-order valence-electron chi connectivity index (χ2n) is 26.6. The van der Waals surface area contributed by atoms with Crippen molar-refractivity contribution in [3.8, 4) is 0 Å². The Morgan fingerprint density at radius 1 is 0.327 bits per heavy atom. The molecule has 294 valence electrons. The first kappa shape index (κ1) is 46.9. The molecule has 0 bridgehead atoms. The van der Waals surface area contributed by atoms with Gasteiger partial charge in [0.2, 0.25) is 0 Å². The molecule has 4 fully saturated rings. The van der Waals surface area contributed by atoms with Gasteiger partial charge in [-0.05, 0) is 104 Å². The first-order valence-electron chi connectivity index (χ1n) is 20.3. The number of hydrogen-bond acceptors (Lipinski definition) is 0. The van der Waals surface area contributed by atoms with E-state index in [-0.39, 0.29) is 10.8 Å². The summed E-state index contributed by atoms with van der Waals surface area (Å²) in [6.07, 6.45) is 4.35. The van der Waals surface area contributed by atoms with E-state index in [1.165, 1.54) is 19.3 Å². The maximum atomic E-state index is 13.5. The van der Waals surface area contributed by atoms with E-state index in [0.29, 0.717) is 37.9 Å². The minimum absolute atomic E-state index is 0.276. The minimum atomic E-state index is -2.45. The van der Waals surface area contributed by atoms with E-state index >= 15 is 0 Å². The van der Waals surface area contributed by atoms with Crippen LogP contribution in [0.25, 0.3) is 0 Å². The Morgan fingerprint density at radius 3 is 0.653 bits per heavy atom. The van der Waals surface area contributed by atoms with Crippen molar-refractivity contribution in [2.75, 3.05) is 0 Å². The Morgan fingerprint density at radius 2 is 0.551 bits per heavy atom. The van der Waals surface area contributed by atoms with E-state index in [2.05, 4.69) is 138 Å². The molecule has 0 aromatic rings. The number of hydrogen-bond donors (Lipinski definition) is 0. The topological polar surface area (TPSA) is 0 Å². The molecular formula is C47H92F2.